The van der Waals surface area contributed by atoms with Crippen LogP contribution in [-0.4, -0.2) is 62.0 Å². The highest BCUT2D eigenvalue weighted by Crippen LogP contribution is 2.43. The van der Waals surface area contributed by atoms with Crippen molar-refractivity contribution in [1.29, 1.82) is 0 Å². The van der Waals surface area contributed by atoms with Gasteiger partial charge in [0.25, 0.3) is 0 Å². The van der Waals surface area contributed by atoms with Gasteiger partial charge in [-0.1, -0.05) is 96.8 Å². The van der Waals surface area contributed by atoms with Crippen LogP contribution in [0.1, 0.15) is 103 Å². The van der Waals surface area contributed by atoms with Crippen LogP contribution in [0.5, 0.6) is 0 Å². The first kappa shape index (κ1) is 31.0. The quantitative estimate of drug-likeness (QED) is 0.105. The van der Waals surface area contributed by atoms with Gasteiger partial charge in [0.05, 0.1) is 27.7 Å². The molecule has 0 aliphatic rings. The molecule has 2 unspecified atom stereocenters. The molecule has 2 atom stereocenters. The number of phosphoric acid groups is 1. The lowest BCUT2D eigenvalue weighted by Gasteiger charge is -2.24. The number of hydrogen-bond donors (Lipinski definition) is 2. The Bertz CT molecular complexity index is 442. The lowest BCUT2D eigenvalue weighted by atomic mass is 10.0. The van der Waals surface area contributed by atoms with E-state index >= 15 is 0 Å². The summed E-state index contributed by atoms with van der Waals surface area (Å²) in [6.07, 6.45) is 19.2. The Hall–Kier alpha value is 0.0300. The van der Waals surface area contributed by atoms with Gasteiger partial charge in [0.15, 0.2) is 0 Å². The smallest absolute Gasteiger partial charge is 0.396 e. The van der Waals surface area contributed by atoms with Crippen molar-refractivity contribution in [2.75, 3.05) is 47.5 Å². The van der Waals surface area contributed by atoms with Crippen molar-refractivity contribution >= 4 is 7.82 Å². The Balaban J connectivity index is 3.59. The minimum absolute atomic E-state index is 0.0304. The third-order valence-corrected chi connectivity index (χ3v) is 6.70. The first-order chi connectivity index (χ1) is 14.7. The Labute approximate surface area is 192 Å². The van der Waals surface area contributed by atoms with Crippen molar-refractivity contribution in [3.63, 3.8) is 0 Å². The molecule has 0 saturated heterocycles. The number of nitrogens with zero attached hydrogens (tertiary/aromatic N) is 1. The largest absolute Gasteiger partial charge is 0.472 e. The van der Waals surface area contributed by atoms with E-state index in [9.17, 15) is 14.6 Å². The molecule has 0 radical (unpaired) electrons. The molecule has 0 fully saturated rings. The molecular formula is C24H53NO5P+. The maximum Gasteiger partial charge on any atom is 0.472 e. The van der Waals surface area contributed by atoms with Crippen LogP contribution in [0.2, 0.25) is 0 Å². The van der Waals surface area contributed by atoms with E-state index < -0.39 is 7.82 Å². The molecule has 7 heteroatoms. The van der Waals surface area contributed by atoms with E-state index in [1.807, 2.05) is 21.1 Å². The molecule has 0 saturated carbocycles. The monoisotopic (exact) mass is 466 g/mol. The second-order valence-corrected chi connectivity index (χ2v) is 11.5. The molecule has 2 N–H and O–H groups in total. The van der Waals surface area contributed by atoms with Crippen LogP contribution in [0.3, 0.4) is 0 Å². The van der Waals surface area contributed by atoms with Crippen LogP contribution in [0, 0.1) is 5.92 Å². The molecule has 0 aliphatic carbocycles. The van der Waals surface area contributed by atoms with E-state index in [0.717, 1.165) is 19.3 Å². The molecule has 188 valence electrons. The maximum atomic E-state index is 11.9. The fraction of sp³-hybridized carbons (Fsp3) is 1.00. The molecule has 0 aromatic heterocycles. The minimum atomic E-state index is -4.04. The van der Waals surface area contributed by atoms with Gasteiger partial charge in [-0.2, -0.15) is 0 Å². The average Bonchev–Trinajstić information content (AvgIpc) is 2.69. The summed E-state index contributed by atoms with van der Waals surface area (Å²) in [5, 5.41) is 9.51. The third-order valence-electron chi connectivity index (χ3n) is 5.71. The summed E-state index contributed by atoms with van der Waals surface area (Å²) >= 11 is 0. The second-order valence-electron chi connectivity index (χ2n) is 10.0. The number of aliphatic hydroxyl groups excluding tert-OH is 1. The molecule has 0 bridgehead atoms. The first-order valence-corrected chi connectivity index (χ1v) is 14.2. The van der Waals surface area contributed by atoms with Crippen molar-refractivity contribution < 1.29 is 28.1 Å². The van der Waals surface area contributed by atoms with Crippen molar-refractivity contribution in [3.05, 3.63) is 0 Å². The number of aliphatic hydroxyl groups is 1. The van der Waals surface area contributed by atoms with Crippen LogP contribution < -0.4 is 0 Å². The van der Waals surface area contributed by atoms with E-state index in [1.165, 1.54) is 77.0 Å². The van der Waals surface area contributed by atoms with Crippen LogP contribution >= 0.6 is 7.82 Å². The van der Waals surface area contributed by atoms with Gasteiger partial charge in [0.1, 0.15) is 13.2 Å². The fourth-order valence-corrected chi connectivity index (χ4v) is 4.31. The summed E-state index contributed by atoms with van der Waals surface area (Å²) in [7, 11) is 1.93. The zero-order valence-electron chi connectivity index (χ0n) is 21.0. The van der Waals surface area contributed by atoms with Gasteiger partial charge in [-0.25, -0.2) is 4.57 Å². The van der Waals surface area contributed by atoms with Gasteiger partial charge in [-0.15, -0.1) is 0 Å². The van der Waals surface area contributed by atoms with Crippen LogP contribution in [0.15, 0.2) is 0 Å². The summed E-state index contributed by atoms with van der Waals surface area (Å²) < 4.78 is 22.7. The molecule has 0 spiro atoms. The average molecular weight is 467 g/mol. The zero-order chi connectivity index (χ0) is 23.4. The Morgan fingerprint density at radius 2 is 1.23 bits per heavy atom. The molecule has 0 aliphatic heterocycles. The Morgan fingerprint density at radius 3 is 1.65 bits per heavy atom. The second kappa shape index (κ2) is 19.5. The molecular weight excluding hydrogens is 413 g/mol. The van der Waals surface area contributed by atoms with E-state index in [4.69, 9.17) is 9.05 Å². The number of phosphoric ester groups is 1. The van der Waals surface area contributed by atoms with Gasteiger partial charge in [-0.05, 0) is 6.42 Å². The van der Waals surface area contributed by atoms with Crippen LogP contribution in [0.4, 0.5) is 0 Å². The number of quaternary nitrogens is 1. The predicted molar refractivity (Wildman–Crippen MR) is 130 cm³/mol. The van der Waals surface area contributed by atoms with Crippen molar-refractivity contribution in [2.45, 2.75) is 103 Å². The molecule has 0 aromatic rings. The van der Waals surface area contributed by atoms with Crippen molar-refractivity contribution in [2.24, 2.45) is 5.92 Å². The molecule has 0 heterocycles. The molecule has 0 amide bonds. The number of hydrogen-bond acceptors (Lipinski definition) is 4. The van der Waals surface area contributed by atoms with E-state index in [-0.39, 0.29) is 25.7 Å². The number of unbranched alkanes of at least 4 members (excludes halogenated alkanes) is 13. The summed E-state index contributed by atoms with van der Waals surface area (Å²) in [4.78, 5) is 9.77. The van der Waals surface area contributed by atoms with Gasteiger partial charge in [0.2, 0.25) is 0 Å². The molecule has 31 heavy (non-hydrogen) atoms. The zero-order valence-corrected chi connectivity index (χ0v) is 21.9. The summed E-state index contributed by atoms with van der Waals surface area (Å²) in [6, 6.07) is 0. The predicted octanol–water partition coefficient (Wildman–Crippen LogP) is 6.31. The first-order valence-electron chi connectivity index (χ1n) is 12.7. The molecule has 0 rings (SSSR count). The maximum absolute atomic E-state index is 11.9. The van der Waals surface area contributed by atoms with Crippen LogP contribution in [0.25, 0.3) is 0 Å². The van der Waals surface area contributed by atoms with Crippen LogP contribution in [-0.2, 0) is 13.6 Å². The highest BCUT2D eigenvalue weighted by atomic mass is 31.2. The van der Waals surface area contributed by atoms with E-state index in [2.05, 4.69) is 6.92 Å². The summed E-state index contributed by atoms with van der Waals surface area (Å²) in [5.41, 5.74) is 0. The Morgan fingerprint density at radius 1 is 0.774 bits per heavy atom. The van der Waals surface area contributed by atoms with E-state index in [0.29, 0.717) is 11.0 Å². The highest BCUT2D eigenvalue weighted by Gasteiger charge is 2.24. The van der Waals surface area contributed by atoms with Crippen molar-refractivity contribution in [3.8, 4) is 0 Å². The lowest BCUT2D eigenvalue weighted by Crippen LogP contribution is -2.37. The van der Waals surface area contributed by atoms with Gasteiger partial charge < -0.3 is 14.5 Å². The molecule has 0 aromatic carbocycles. The normalized spacial score (nSPS) is 15.2. The minimum Gasteiger partial charge on any atom is -0.396 e. The Kier molecular flexibility index (Phi) is 19.5. The van der Waals surface area contributed by atoms with Gasteiger partial charge >= 0.3 is 7.82 Å². The standard InChI is InChI=1S/C24H52NO5P/c1-5-6-7-8-9-10-11-12-13-14-15-16-17-18-19-24(22-26)23-30-31(27,28)29-21-20-25(2,3)4/h24,26H,5-23H2,1-4H3/p+1. The van der Waals surface area contributed by atoms with E-state index in [1.54, 1.807) is 0 Å². The number of rotatable bonds is 23. The SMILES string of the molecule is CCCCCCCCCCCCCCCCC(CO)COP(=O)(O)OCC[N+](C)(C)C. The summed E-state index contributed by atoms with van der Waals surface area (Å²) in [6.45, 7) is 3.08. The lowest BCUT2D eigenvalue weighted by molar-refractivity contribution is -0.870. The fourth-order valence-electron chi connectivity index (χ4n) is 3.52. The topological polar surface area (TPSA) is 76.0 Å². The van der Waals surface area contributed by atoms with Gasteiger partial charge in [0, 0.05) is 12.5 Å². The molecule has 6 nitrogen and oxygen atoms in total. The van der Waals surface area contributed by atoms with Crippen molar-refractivity contribution in [1.82, 2.24) is 0 Å². The van der Waals surface area contributed by atoms with Gasteiger partial charge in [-0.3, -0.25) is 9.05 Å². The third kappa shape index (κ3) is 23.0. The number of likely N-dealkylation sites (N-methyl/N-ethyl adjacent to an activating group) is 1. The highest BCUT2D eigenvalue weighted by molar-refractivity contribution is 7.47. The summed E-state index contributed by atoms with van der Waals surface area (Å²) in [5.74, 6) is -0.111.